The van der Waals surface area contributed by atoms with E-state index in [9.17, 15) is 9.59 Å². The fourth-order valence-electron chi connectivity index (χ4n) is 2.14. The number of aromatic nitrogens is 3. The molecule has 0 saturated heterocycles. The number of fused-ring (bicyclic) bond motifs is 1. The lowest BCUT2D eigenvalue weighted by Gasteiger charge is -2.09. The molecule has 0 aliphatic carbocycles. The predicted octanol–water partition coefficient (Wildman–Crippen LogP) is 1.87. The lowest BCUT2D eigenvalue weighted by Crippen LogP contribution is -2.23. The number of hydrogen-bond acceptors (Lipinski definition) is 4. The Morgan fingerprint density at radius 1 is 1.43 bits per heavy atom. The van der Waals surface area contributed by atoms with Crippen molar-refractivity contribution in [1.29, 1.82) is 0 Å². The van der Waals surface area contributed by atoms with Crippen molar-refractivity contribution in [3.8, 4) is 0 Å². The van der Waals surface area contributed by atoms with Crippen molar-refractivity contribution in [1.82, 2.24) is 14.8 Å². The molecular weight excluding hydrogens is 338 g/mol. The van der Waals surface area contributed by atoms with Crippen LogP contribution in [0.5, 0.6) is 0 Å². The Kier molecular flexibility index (Phi) is 3.46. The van der Waals surface area contributed by atoms with Crippen molar-refractivity contribution in [3.63, 3.8) is 0 Å². The molecule has 7 nitrogen and oxygen atoms in total. The first-order valence-corrected chi connectivity index (χ1v) is 7.11. The zero-order valence-electron chi connectivity index (χ0n) is 11.1. The molecule has 1 atom stereocenters. The zero-order chi connectivity index (χ0) is 15.0. The molecular formula is C13H12BrN5O2. The van der Waals surface area contributed by atoms with E-state index in [1.54, 1.807) is 19.1 Å². The summed E-state index contributed by atoms with van der Waals surface area (Å²) in [6.07, 6.45) is 0.0116. The first-order chi connectivity index (χ1) is 10.0. The van der Waals surface area contributed by atoms with Crippen molar-refractivity contribution >= 4 is 39.4 Å². The molecule has 0 saturated carbocycles. The fraction of sp³-hybridized carbons (Fsp3) is 0.231. The van der Waals surface area contributed by atoms with Gasteiger partial charge in [-0.05, 0) is 31.2 Å². The minimum atomic E-state index is -0.656. The number of nitrogens with one attached hydrogen (secondary N) is 2. The van der Waals surface area contributed by atoms with E-state index in [-0.39, 0.29) is 18.2 Å². The minimum absolute atomic E-state index is 0.0116. The quantitative estimate of drug-likeness (QED) is 0.885. The molecule has 8 heteroatoms. The highest BCUT2D eigenvalue weighted by atomic mass is 79.9. The van der Waals surface area contributed by atoms with Crippen LogP contribution in [0.15, 0.2) is 28.7 Å². The Balaban J connectivity index is 1.70. The number of halogens is 1. The van der Waals surface area contributed by atoms with Crippen molar-refractivity contribution < 1.29 is 9.59 Å². The number of rotatable bonds is 3. The van der Waals surface area contributed by atoms with E-state index < -0.39 is 6.04 Å². The molecule has 0 spiro atoms. The van der Waals surface area contributed by atoms with E-state index >= 15 is 0 Å². The summed E-state index contributed by atoms with van der Waals surface area (Å²) < 4.78 is 2.39. The van der Waals surface area contributed by atoms with Crippen molar-refractivity contribution in [2.24, 2.45) is 0 Å². The maximum atomic E-state index is 12.1. The smallest absolute Gasteiger partial charge is 0.252 e. The molecule has 1 aromatic carbocycles. The molecule has 2 aromatic rings. The number of aryl methyl sites for hydroxylation is 1. The van der Waals surface area contributed by atoms with Crippen molar-refractivity contribution in [2.45, 2.75) is 19.4 Å². The Labute approximate surface area is 128 Å². The second-order valence-electron chi connectivity index (χ2n) is 4.69. The molecule has 21 heavy (non-hydrogen) atoms. The third-order valence-electron chi connectivity index (χ3n) is 3.08. The number of benzene rings is 1. The number of carbonyl (C=O) groups is 2. The van der Waals surface area contributed by atoms with Gasteiger partial charge in [0.1, 0.15) is 11.9 Å². The minimum Gasteiger partial charge on any atom is -0.326 e. The largest absolute Gasteiger partial charge is 0.326 e. The van der Waals surface area contributed by atoms with Crippen LogP contribution in [0.3, 0.4) is 0 Å². The third-order valence-corrected chi connectivity index (χ3v) is 3.61. The monoisotopic (exact) mass is 349 g/mol. The molecule has 0 fully saturated rings. The van der Waals surface area contributed by atoms with Crippen LogP contribution in [-0.2, 0) is 9.59 Å². The second kappa shape index (κ2) is 5.28. The summed E-state index contributed by atoms with van der Waals surface area (Å²) in [4.78, 5) is 28.0. The van der Waals surface area contributed by atoms with Gasteiger partial charge in [0.15, 0.2) is 0 Å². The Morgan fingerprint density at radius 2 is 2.14 bits per heavy atom. The topological polar surface area (TPSA) is 88.9 Å². The van der Waals surface area contributed by atoms with Crippen LogP contribution < -0.4 is 10.6 Å². The first-order valence-electron chi connectivity index (χ1n) is 6.32. The van der Waals surface area contributed by atoms with Crippen LogP contribution in [0.4, 0.5) is 11.6 Å². The van der Waals surface area contributed by atoms with Crippen LogP contribution in [0.2, 0.25) is 0 Å². The first kappa shape index (κ1) is 13.7. The fourth-order valence-corrected chi connectivity index (χ4v) is 2.40. The molecule has 2 amide bonds. The van der Waals surface area contributed by atoms with Crippen molar-refractivity contribution in [3.05, 3.63) is 34.6 Å². The number of nitrogens with zero attached hydrogens (tertiary/aromatic N) is 3. The van der Waals surface area contributed by atoms with E-state index in [1.807, 2.05) is 12.1 Å². The average Bonchev–Trinajstić information content (AvgIpc) is 2.90. The van der Waals surface area contributed by atoms with Crippen LogP contribution in [0, 0.1) is 6.92 Å². The second-order valence-corrected chi connectivity index (χ2v) is 5.61. The highest BCUT2D eigenvalue weighted by molar-refractivity contribution is 9.10. The van der Waals surface area contributed by atoms with Gasteiger partial charge in [0.05, 0.1) is 6.42 Å². The van der Waals surface area contributed by atoms with Gasteiger partial charge >= 0.3 is 0 Å². The van der Waals surface area contributed by atoms with Gasteiger partial charge in [-0.2, -0.15) is 10.1 Å². The van der Waals surface area contributed by atoms with Crippen LogP contribution in [0.1, 0.15) is 18.3 Å². The van der Waals surface area contributed by atoms with Crippen molar-refractivity contribution in [2.75, 3.05) is 10.6 Å². The number of anilines is 2. The molecule has 1 aromatic heterocycles. The molecule has 2 heterocycles. The summed E-state index contributed by atoms with van der Waals surface area (Å²) in [5, 5.41) is 9.49. The average molecular weight is 350 g/mol. The molecule has 0 unspecified atom stereocenters. The van der Waals surface area contributed by atoms with Gasteiger partial charge in [0.2, 0.25) is 11.9 Å². The van der Waals surface area contributed by atoms with Gasteiger partial charge in [0.25, 0.3) is 5.91 Å². The SMILES string of the molecule is Cc1nc2n(n1)[C@H](CC(=O)Nc1ccc(Br)cc1)C(=O)N2. The number of carbonyl (C=O) groups excluding carboxylic acids is 2. The maximum absolute atomic E-state index is 12.1. The lowest BCUT2D eigenvalue weighted by atomic mass is 10.2. The summed E-state index contributed by atoms with van der Waals surface area (Å²) in [5.41, 5.74) is 0.677. The molecule has 1 aliphatic heterocycles. The van der Waals surface area contributed by atoms with Crippen LogP contribution >= 0.6 is 15.9 Å². The molecule has 3 rings (SSSR count). The number of amides is 2. The lowest BCUT2D eigenvalue weighted by molar-refractivity contribution is -0.123. The van der Waals surface area contributed by atoms with Gasteiger partial charge in [-0.1, -0.05) is 15.9 Å². The zero-order valence-corrected chi connectivity index (χ0v) is 12.7. The summed E-state index contributed by atoms with van der Waals surface area (Å²) in [6.45, 7) is 1.73. The van der Waals surface area contributed by atoms with E-state index in [0.29, 0.717) is 17.5 Å². The molecule has 1 aliphatic rings. The van der Waals surface area contributed by atoms with E-state index in [2.05, 4.69) is 36.6 Å². The third kappa shape index (κ3) is 2.80. The predicted molar refractivity (Wildman–Crippen MR) is 79.8 cm³/mol. The van der Waals surface area contributed by atoms with Crippen LogP contribution in [0.25, 0.3) is 0 Å². The van der Waals surface area contributed by atoms with E-state index in [1.165, 1.54) is 4.68 Å². The van der Waals surface area contributed by atoms with Gasteiger partial charge in [-0.25, -0.2) is 4.68 Å². The summed E-state index contributed by atoms with van der Waals surface area (Å²) in [6, 6.07) is 6.56. The molecule has 108 valence electrons. The van der Waals surface area contributed by atoms with Gasteiger partial charge < -0.3 is 5.32 Å². The van der Waals surface area contributed by atoms with E-state index in [0.717, 1.165) is 4.47 Å². The molecule has 0 radical (unpaired) electrons. The Hall–Kier alpha value is -2.22. The van der Waals surface area contributed by atoms with Gasteiger partial charge in [-0.3, -0.25) is 14.9 Å². The Bertz CT molecular complexity index is 710. The molecule has 0 bridgehead atoms. The highest BCUT2D eigenvalue weighted by Crippen LogP contribution is 2.25. The van der Waals surface area contributed by atoms with Crippen LogP contribution in [-0.4, -0.2) is 26.6 Å². The van der Waals surface area contributed by atoms with E-state index in [4.69, 9.17) is 0 Å². The maximum Gasteiger partial charge on any atom is 0.252 e. The summed E-state index contributed by atoms with van der Waals surface area (Å²) in [7, 11) is 0. The Morgan fingerprint density at radius 3 is 2.86 bits per heavy atom. The molecule has 2 N–H and O–H groups in total. The summed E-state index contributed by atoms with van der Waals surface area (Å²) >= 11 is 3.33. The normalized spacial score (nSPS) is 16.5. The van der Waals surface area contributed by atoms with Gasteiger partial charge in [0, 0.05) is 10.2 Å². The summed E-state index contributed by atoms with van der Waals surface area (Å²) in [5.74, 6) is 0.427. The number of hydrogen-bond donors (Lipinski definition) is 2. The standard InChI is InChI=1S/C13H12BrN5O2/c1-7-15-13-17-12(21)10(19(13)18-7)6-11(20)16-9-4-2-8(14)3-5-9/h2-5,10H,6H2,1H3,(H,16,20)(H,15,17,18,21)/t10-/m1/s1. The van der Waals surface area contributed by atoms with Gasteiger partial charge in [-0.15, -0.1) is 0 Å². The highest BCUT2D eigenvalue weighted by Gasteiger charge is 2.34.